The van der Waals surface area contributed by atoms with Gasteiger partial charge in [-0.05, 0) is 56.2 Å². The van der Waals surface area contributed by atoms with Gasteiger partial charge >= 0.3 is 0 Å². The van der Waals surface area contributed by atoms with Crippen molar-refractivity contribution in [2.24, 2.45) is 5.73 Å². The summed E-state index contributed by atoms with van der Waals surface area (Å²) in [5, 5.41) is 17.6. The van der Waals surface area contributed by atoms with E-state index in [9.17, 15) is 9.65 Å². The minimum Gasteiger partial charge on any atom is -0.338 e. The molecule has 2 aromatic heterocycles. The molecular weight excluding hydrogens is 405 g/mol. The van der Waals surface area contributed by atoms with Gasteiger partial charge in [0.1, 0.15) is 5.82 Å². The van der Waals surface area contributed by atoms with Crippen molar-refractivity contribution >= 4 is 11.5 Å². The van der Waals surface area contributed by atoms with Gasteiger partial charge in [0.25, 0.3) is 0 Å². The lowest BCUT2D eigenvalue weighted by Crippen LogP contribution is -2.46. The Morgan fingerprint density at radius 1 is 1.19 bits per heavy atom. The lowest BCUT2D eigenvalue weighted by Gasteiger charge is -2.40. The zero-order valence-corrected chi connectivity index (χ0v) is 18.3. The maximum Gasteiger partial charge on any atom is 0.156 e. The molecule has 166 valence electrons. The van der Waals surface area contributed by atoms with Gasteiger partial charge in [-0.1, -0.05) is 6.07 Å². The Morgan fingerprint density at radius 3 is 2.59 bits per heavy atom. The van der Waals surface area contributed by atoms with Crippen molar-refractivity contribution in [1.29, 1.82) is 5.26 Å². The van der Waals surface area contributed by atoms with Crippen LogP contribution in [0.3, 0.4) is 0 Å². The number of aromatic nitrogens is 3. The molecule has 1 aliphatic heterocycles. The van der Waals surface area contributed by atoms with E-state index in [1.54, 1.807) is 12.1 Å². The molecule has 0 radical (unpaired) electrons. The third-order valence-electron chi connectivity index (χ3n) is 6.13. The van der Waals surface area contributed by atoms with E-state index in [1.165, 1.54) is 12.1 Å². The third-order valence-corrected chi connectivity index (χ3v) is 6.13. The first-order chi connectivity index (χ1) is 15.5. The highest BCUT2D eigenvalue weighted by Crippen LogP contribution is 2.35. The number of nitriles is 1. The number of pyridine rings is 1. The Hall–Kier alpha value is -3.28. The molecule has 8 heteroatoms. The molecule has 1 fully saturated rings. The summed E-state index contributed by atoms with van der Waals surface area (Å²) in [6, 6.07) is 14.6. The summed E-state index contributed by atoms with van der Waals surface area (Å²) >= 11 is 0. The fraction of sp³-hybridized carbons (Fsp3) is 0.375. The monoisotopic (exact) mass is 433 g/mol. The molecule has 0 unspecified atom stereocenters. The molecule has 0 atom stereocenters. The van der Waals surface area contributed by atoms with Crippen molar-refractivity contribution in [3.8, 4) is 6.07 Å². The van der Waals surface area contributed by atoms with Crippen LogP contribution in [0.1, 0.15) is 36.2 Å². The summed E-state index contributed by atoms with van der Waals surface area (Å²) in [6.07, 6.45) is 3.95. The molecule has 32 heavy (non-hydrogen) atoms. The fourth-order valence-corrected chi connectivity index (χ4v) is 4.26. The minimum atomic E-state index is -0.377. The van der Waals surface area contributed by atoms with E-state index >= 15 is 0 Å². The second-order valence-corrected chi connectivity index (χ2v) is 8.39. The van der Waals surface area contributed by atoms with Gasteiger partial charge in [-0.2, -0.15) is 10.4 Å². The van der Waals surface area contributed by atoms with Crippen molar-refractivity contribution in [2.75, 3.05) is 18.4 Å². The summed E-state index contributed by atoms with van der Waals surface area (Å²) in [5.41, 5.74) is 9.28. The van der Waals surface area contributed by atoms with Gasteiger partial charge in [0.05, 0.1) is 23.7 Å². The Morgan fingerprint density at radius 2 is 1.94 bits per heavy atom. The number of piperidine rings is 1. The van der Waals surface area contributed by atoms with Crippen LogP contribution in [-0.4, -0.2) is 32.8 Å². The number of nitrogens with two attached hydrogens (primary N) is 1. The molecule has 0 amide bonds. The van der Waals surface area contributed by atoms with E-state index in [4.69, 9.17) is 10.8 Å². The molecule has 7 nitrogen and oxygen atoms in total. The predicted molar refractivity (Wildman–Crippen MR) is 121 cm³/mol. The average molecular weight is 434 g/mol. The number of aryl methyl sites for hydroxylation is 1. The highest BCUT2D eigenvalue weighted by Gasteiger charge is 2.37. The van der Waals surface area contributed by atoms with Gasteiger partial charge in [-0.15, -0.1) is 0 Å². The second kappa shape index (κ2) is 9.47. The molecule has 0 saturated carbocycles. The molecule has 4 rings (SSSR count). The molecule has 0 spiro atoms. The number of nitrogens with zero attached hydrogens (tertiary/aromatic N) is 5. The first-order valence-corrected chi connectivity index (χ1v) is 10.8. The molecule has 3 aromatic rings. The standard InChI is InChI=1S/C24H28FN7/c1-18-3-2-4-22(28-18)17-31-13-10-24(9-12-26,11-14-31)32-16-19(15-27)23(30-32)29-21-7-5-20(25)6-8-21/h2-8,16H,9-11,13-15,17,27H2,1H3,(H,29,30). The normalized spacial score (nSPS) is 15.9. The Bertz CT molecular complexity index is 1090. The summed E-state index contributed by atoms with van der Waals surface area (Å²) in [5.74, 6) is 0.350. The van der Waals surface area contributed by atoms with Crippen LogP contribution in [0.5, 0.6) is 0 Å². The van der Waals surface area contributed by atoms with Gasteiger partial charge in [0.2, 0.25) is 0 Å². The molecule has 0 bridgehead atoms. The van der Waals surface area contributed by atoms with Gasteiger partial charge in [0, 0.05) is 49.3 Å². The Balaban J connectivity index is 1.51. The van der Waals surface area contributed by atoms with Gasteiger partial charge < -0.3 is 11.1 Å². The van der Waals surface area contributed by atoms with E-state index in [-0.39, 0.29) is 11.4 Å². The van der Waals surface area contributed by atoms with Crippen molar-refractivity contribution in [1.82, 2.24) is 19.7 Å². The lowest BCUT2D eigenvalue weighted by molar-refractivity contribution is 0.0969. The predicted octanol–water partition coefficient (Wildman–Crippen LogP) is 3.83. The van der Waals surface area contributed by atoms with Crippen LogP contribution in [-0.2, 0) is 18.6 Å². The summed E-state index contributed by atoms with van der Waals surface area (Å²) in [6.45, 7) is 4.83. The van der Waals surface area contributed by atoms with Crippen molar-refractivity contribution in [3.63, 3.8) is 0 Å². The van der Waals surface area contributed by atoms with E-state index in [2.05, 4.69) is 27.3 Å². The fourth-order valence-electron chi connectivity index (χ4n) is 4.26. The topological polar surface area (TPSA) is 95.8 Å². The molecule has 3 N–H and O–H groups in total. The lowest BCUT2D eigenvalue weighted by atomic mass is 9.85. The number of benzene rings is 1. The quantitative estimate of drug-likeness (QED) is 0.588. The van der Waals surface area contributed by atoms with Crippen LogP contribution >= 0.6 is 0 Å². The van der Waals surface area contributed by atoms with Crippen LogP contribution in [0.2, 0.25) is 0 Å². The summed E-state index contributed by atoms with van der Waals surface area (Å²) < 4.78 is 15.2. The number of rotatable bonds is 7. The van der Waals surface area contributed by atoms with Crippen molar-refractivity contribution in [2.45, 2.75) is 44.8 Å². The SMILES string of the molecule is Cc1cccc(CN2CCC(CC#N)(n3cc(CN)c(Nc4ccc(F)cc4)n3)CC2)n1. The highest BCUT2D eigenvalue weighted by molar-refractivity contribution is 5.58. The Labute approximate surface area is 187 Å². The first kappa shape index (κ1) is 21.9. The number of likely N-dealkylation sites (tertiary alicyclic amines) is 1. The zero-order chi connectivity index (χ0) is 22.6. The number of hydrogen-bond donors (Lipinski definition) is 2. The van der Waals surface area contributed by atoms with Gasteiger partial charge in [-0.25, -0.2) is 4.39 Å². The van der Waals surface area contributed by atoms with Crippen LogP contribution in [0.25, 0.3) is 0 Å². The number of anilines is 2. The van der Waals surface area contributed by atoms with Gasteiger partial charge in [-0.3, -0.25) is 14.6 Å². The van der Waals surface area contributed by atoms with Crippen LogP contribution in [0.4, 0.5) is 15.9 Å². The van der Waals surface area contributed by atoms with Gasteiger partial charge in [0.15, 0.2) is 5.82 Å². The molecule has 1 saturated heterocycles. The largest absolute Gasteiger partial charge is 0.338 e. The van der Waals surface area contributed by atoms with E-state index in [0.29, 0.717) is 18.8 Å². The van der Waals surface area contributed by atoms with Crippen LogP contribution in [0.15, 0.2) is 48.7 Å². The zero-order valence-electron chi connectivity index (χ0n) is 18.3. The minimum absolute atomic E-state index is 0.291. The third kappa shape index (κ3) is 4.79. The van der Waals surface area contributed by atoms with Crippen molar-refractivity contribution in [3.05, 3.63) is 71.4 Å². The number of halogens is 1. The smallest absolute Gasteiger partial charge is 0.156 e. The maximum atomic E-state index is 13.2. The molecule has 0 aliphatic carbocycles. The number of hydrogen-bond acceptors (Lipinski definition) is 6. The van der Waals surface area contributed by atoms with E-state index in [0.717, 1.165) is 55.1 Å². The summed E-state index contributed by atoms with van der Waals surface area (Å²) in [7, 11) is 0. The molecule has 1 aliphatic rings. The maximum absolute atomic E-state index is 13.2. The van der Waals surface area contributed by atoms with E-state index < -0.39 is 0 Å². The Kier molecular flexibility index (Phi) is 6.49. The second-order valence-electron chi connectivity index (χ2n) is 8.39. The molecule has 1 aromatic carbocycles. The highest BCUT2D eigenvalue weighted by atomic mass is 19.1. The first-order valence-electron chi connectivity index (χ1n) is 10.8. The number of nitrogens with one attached hydrogen (secondary N) is 1. The van der Waals surface area contributed by atoms with Crippen LogP contribution < -0.4 is 11.1 Å². The molecule has 3 heterocycles. The summed E-state index contributed by atoms with van der Waals surface area (Å²) in [4.78, 5) is 6.99. The van der Waals surface area contributed by atoms with E-state index in [1.807, 2.05) is 29.9 Å². The van der Waals surface area contributed by atoms with Crippen molar-refractivity contribution < 1.29 is 4.39 Å². The average Bonchev–Trinajstić information content (AvgIpc) is 3.20. The van der Waals surface area contributed by atoms with Crippen LogP contribution in [0, 0.1) is 24.1 Å². The molecular formula is C24H28FN7.